The third-order valence-electron chi connectivity index (χ3n) is 4.48. The van der Waals surface area contributed by atoms with Gasteiger partial charge in [-0.1, -0.05) is 12.1 Å². The fourth-order valence-corrected chi connectivity index (χ4v) is 3.08. The van der Waals surface area contributed by atoms with E-state index in [1.807, 2.05) is 41.3 Å². The number of piperidine rings is 1. The first-order chi connectivity index (χ1) is 11.2. The number of rotatable bonds is 3. The predicted molar refractivity (Wildman–Crippen MR) is 89.0 cm³/mol. The molecule has 4 nitrogen and oxygen atoms in total. The summed E-state index contributed by atoms with van der Waals surface area (Å²) in [5, 5.41) is 9.37. The maximum atomic E-state index is 12.5. The molecule has 0 bridgehead atoms. The first-order valence-corrected chi connectivity index (χ1v) is 7.89. The Kier molecular flexibility index (Phi) is 4.51. The van der Waals surface area contributed by atoms with E-state index in [0.29, 0.717) is 17.2 Å². The van der Waals surface area contributed by atoms with Gasteiger partial charge in [-0.15, -0.1) is 0 Å². The number of methoxy groups -OCH3 is 1. The number of nitrogens with zero attached hydrogens (tertiary/aromatic N) is 1. The van der Waals surface area contributed by atoms with E-state index in [1.165, 1.54) is 5.56 Å². The van der Waals surface area contributed by atoms with Gasteiger partial charge in [0.15, 0.2) is 0 Å². The van der Waals surface area contributed by atoms with E-state index in [9.17, 15) is 9.90 Å². The van der Waals surface area contributed by atoms with Crippen molar-refractivity contribution < 1.29 is 14.6 Å². The number of hydrogen-bond donors (Lipinski definition) is 1. The Bertz CT molecular complexity index is 656. The van der Waals surface area contributed by atoms with Gasteiger partial charge in [-0.25, -0.2) is 0 Å². The minimum absolute atomic E-state index is 0.0804. The Morgan fingerprint density at radius 1 is 1.04 bits per heavy atom. The minimum Gasteiger partial charge on any atom is -0.508 e. The van der Waals surface area contributed by atoms with Gasteiger partial charge >= 0.3 is 0 Å². The van der Waals surface area contributed by atoms with Crippen molar-refractivity contribution in [3.05, 3.63) is 59.7 Å². The Morgan fingerprint density at radius 2 is 1.65 bits per heavy atom. The molecule has 0 unspecified atom stereocenters. The van der Waals surface area contributed by atoms with Crippen LogP contribution >= 0.6 is 0 Å². The normalized spacial score (nSPS) is 15.4. The van der Waals surface area contributed by atoms with Gasteiger partial charge in [-0.3, -0.25) is 4.79 Å². The molecule has 0 aromatic heterocycles. The van der Waals surface area contributed by atoms with Crippen molar-refractivity contribution in [1.82, 2.24) is 4.90 Å². The Labute approximate surface area is 136 Å². The van der Waals surface area contributed by atoms with Crippen LogP contribution in [-0.4, -0.2) is 36.1 Å². The van der Waals surface area contributed by atoms with Crippen LogP contribution in [0.5, 0.6) is 11.5 Å². The highest BCUT2D eigenvalue weighted by atomic mass is 16.5. The van der Waals surface area contributed by atoms with E-state index >= 15 is 0 Å². The third kappa shape index (κ3) is 3.47. The van der Waals surface area contributed by atoms with E-state index in [2.05, 4.69) is 0 Å². The zero-order chi connectivity index (χ0) is 16.2. The number of carbonyl (C=O) groups is 1. The van der Waals surface area contributed by atoms with E-state index in [1.54, 1.807) is 19.2 Å². The zero-order valence-electron chi connectivity index (χ0n) is 13.2. The standard InChI is InChI=1S/C19H21NO3/c1-23-18-8-4-16(5-9-18)19(22)20-12-10-15(11-13-20)14-2-6-17(21)7-3-14/h2-9,15,21H,10-13H2,1H3. The van der Waals surface area contributed by atoms with Gasteiger partial charge in [-0.05, 0) is 60.7 Å². The second-order valence-electron chi connectivity index (χ2n) is 5.89. The molecule has 4 heteroatoms. The van der Waals surface area contributed by atoms with E-state index in [-0.39, 0.29) is 5.91 Å². The van der Waals surface area contributed by atoms with Crippen LogP contribution < -0.4 is 4.74 Å². The number of phenols is 1. The molecule has 1 saturated heterocycles. The number of aromatic hydroxyl groups is 1. The number of ether oxygens (including phenoxy) is 1. The van der Waals surface area contributed by atoms with Gasteiger partial charge in [0.2, 0.25) is 0 Å². The molecular weight excluding hydrogens is 290 g/mol. The van der Waals surface area contributed by atoms with E-state index < -0.39 is 0 Å². The Hall–Kier alpha value is -2.49. The molecule has 1 heterocycles. The largest absolute Gasteiger partial charge is 0.508 e. The lowest BCUT2D eigenvalue weighted by Gasteiger charge is -2.32. The summed E-state index contributed by atoms with van der Waals surface area (Å²) < 4.78 is 5.12. The molecule has 1 amide bonds. The van der Waals surface area contributed by atoms with Crippen LogP contribution in [0.2, 0.25) is 0 Å². The lowest BCUT2D eigenvalue weighted by molar-refractivity contribution is 0.0713. The monoisotopic (exact) mass is 311 g/mol. The Morgan fingerprint density at radius 3 is 2.22 bits per heavy atom. The van der Waals surface area contributed by atoms with Gasteiger partial charge in [0.1, 0.15) is 11.5 Å². The molecule has 0 spiro atoms. The molecule has 120 valence electrons. The van der Waals surface area contributed by atoms with Crippen molar-refractivity contribution in [1.29, 1.82) is 0 Å². The fraction of sp³-hybridized carbons (Fsp3) is 0.316. The van der Waals surface area contributed by atoms with Crippen molar-refractivity contribution in [2.75, 3.05) is 20.2 Å². The van der Waals surface area contributed by atoms with Gasteiger partial charge < -0.3 is 14.7 Å². The lowest BCUT2D eigenvalue weighted by Crippen LogP contribution is -2.37. The molecule has 1 aliphatic heterocycles. The molecule has 0 saturated carbocycles. The highest BCUT2D eigenvalue weighted by Crippen LogP contribution is 2.29. The smallest absolute Gasteiger partial charge is 0.253 e. The van der Waals surface area contributed by atoms with Crippen molar-refractivity contribution in [3.63, 3.8) is 0 Å². The maximum Gasteiger partial charge on any atom is 0.253 e. The van der Waals surface area contributed by atoms with Crippen molar-refractivity contribution in [2.45, 2.75) is 18.8 Å². The molecule has 1 aliphatic rings. The van der Waals surface area contributed by atoms with Crippen molar-refractivity contribution in [2.24, 2.45) is 0 Å². The van der Waals surface area contributed by atoms with Gasteiger partial charge in [0.25, 0.3) is 5.91 Å². The second kappa shape index (κ2) is 6.73. The van der Waals surface area contributed by atoms with Crippen LogP contribution in [0.4, 0.5) is 0 Å². The zero-order valence-corrected chi connectivity index (χ0v) is 13.2. The maximum absolute atomic E-state index is 12.5. The van der Waals surface area contributed by atoms with Crippen LogP contribution in [0.1, 0.15) is 34.7 Å². The second-order valence-corrected chi connectivity index (χ2v) is 5.89. The predicted octanol–water partition coefficient (Wildman–Crippen LogP) is 3.42. The number of carbonyl (C=O) groups excluding carboxylic acids is 1. The summed E-state index contributed by atoms with van der Waals surface area (Å²) in [4.78, 5) is 14.5. The molecule has 2 aromatic rings. The molecule has 1 N–H and O–H groups in total. The van der Waals surface area contributed by atoms with E-state index in [0.717, 1.165) is 31.7 Å². The molecule has 3 rings (SSSR count). The summed E-state index contributed by atoms with van der Waals surface area (Å²) in [5.41, 5.74) is 1.94. The van der Waals surface area contributed by atoms with Gasteiger partial charge in [0.05, 0.1) is 7.11 Å². The molecule has 0 aliphatic carbocycles. The fourth-order valence-electron chi connectivity index (χ4n) is 3.08. The average Bonchev–Trinajstić information content (AvgIpc) is 2.62. The average molecular weight is 311 g/mol. The summed E-state index contributed by atoms with van der Waals surface area (Å²) in [6.07, 6.45) is 1.90. The van der Waals surface area contributed by atoms with Crippen LogP contribution in [0.3, 0.4) is 0 Å². The van der Waals surface area contributed by atoms with Gasteiger partial charge in [0, 0.05) is 18.7 Å². The molecule has 0 radical (unpaired) electrons. The topological polar surface area (TPSA) is 49.8 Å². The number of likely N-dealkylation sites (tertiary alicyclic amines) is 1. The molecular formula is C19H21NO3. The summed E-state index contributed by atoms with van der Waals surface area (Å²) >= 11 is 0. The lowest BCUT2D eigenvalue weighted by atomic mass is 9.89. The highest BCUT2D eigenvalue weighted by molar-refractivity contribution is 5.94. The van der Waals surface area contributed by atoms with Crippen molar-refractivity contribution in [3.8, 4) is 11.5 Å². The number of benzene rings is 2. The summed E-state index contributed by atoms with van der Waals surface area (Å²) in [6.45, 7) is 1.52. The Balaban J connectivity index is 1.61. The quantitative estimate of drug-likeness (QED) is 0.945. The molecule has 2 aromatic carbocycles. The van der Waals surface area contributed by atoms with Crippen LogP contribution in [-0.2, 0) is 0 Å². The van der Waals surface area contributed by atoms with E-state index in [4.69, 9.17) is 4.74 Å². The first kappa shape index (κ1) is 15.4. The third-order valence-corrected chi connectivity index (χ3v) is 4.48. The molecule has 1 fully saturated rings. The molecule has 0 atom stereocenters. The number of amides is 1. The molecule has 23 heavy (non-hydrogen) atoms. The van der Waals surface area contributed by atoms with Crippen LogP contribution in [0, 0.1) is 0 Å². The minimum atomic E-state index is 0.0804. The SMILES string of the molecule is COc1ccc(C(=O)N2CCC(c3ccc(O)cc3)CC2)cc1. The van der Waals surface area contributed by atoms with Gasteiger partial charge in [-0.2, -0.15) is 0 Å². The van der Waals surface area contributed by atoms with Crippen molar-refractivity contribution >= 4 is 5.91 Å². The summed E-state index contributed by atoms with van der Waals surface area (Å²) in [5.74, 6) is 1.58. The summed E-state index contributed by atoms with van der Waals surface area (Å²) in [6, 6.07) is 14.7. The van der Waals surface area contributed by atoms with Crippen LogP contribution in [0.15, 0.2) is 48.5 Å². The summed E-state index contributed by atoms with van der Waals surface area (Å²) in [7, 11) is 1.62. The number of phenolic OH excluding ortho intramolecular Hbond substituents is 1. The first-order valence-electron chi connectivity index (χ1n) is 7.89. The number of hydrogen-bond acceptors (Lipinski definition) is 3. The highest BCUT2D eigenvalue weighted by Gasteiger charge is 2.24. The van der Waals surface area contributed by atoms with Crippen LogP contribution in [0.25, 0.3) is 0 Å².